The minimum absolute atomic E-state index is 0.0342. The average Bonchev–Trinajstić information content (AvgIpc) is 2.26. The highest BCUT2D eigenvalue weighted by molar-refractivity contribution is 5.76. The molecule has 4 heteroatoms. The maximum atomic E-state index is 11.8. The zero-order valence-corrected chi connectivity index (χ0v) is 12.2. The summed E-state index contributed by atoms with van der Waals surface area (Å²) in [7, 11) is 0. The molecule has 1 amide bonds. The lowest BCUT2D eigenvalue weighted by Crippen LogP contribution is -2.42. The number of nitrogens with one attached hydrogen (secondary N) is 2. The van der Waals surface area contributed by atoms with Gasteiger partial charge in [0.15, 0.2) is 0 Å². The third kappa shape index (κ3) is 6.36. The van der Waals surface area contributed by atoms with E-state index in [2.05, 4.69) is 38.3 Å². The van der Waals surface area contributed by atoms with Gasteiger partial charge in [-0.2, -0.15) is 0 Å². The number of ether oxygens (including phenoxy) is 1. The molecular formula is C14H28N2O2. The van der Waals surface area contributed by atoms with Gasteiger partial charge in [0.1, 0.15) is 0 Å². The first kappa shape index (κ1) is 15.4. The van der Waals surface area contributed by atoms with Gasteiger partial charge in [0.2, 0.25) is 5.91 Å². The van der Waals surface area contributed by atoms with E-state index in [4.69, 9.17) is 4.74 Å². The van der Waals surface area contributed by atoms with Crippen molar-refractivity contribution in [2.24, 2.45) is 11.3 Å². The van der Waals surface area contributed by atoms with Gasteiger partial charge in [-0.25, -0.2) is 0 Å². The first-order chi connectivity index (χ1) is 8.39. The molecule has 0 radical (unpaired) electrons. The van der Waals surface area contributed by atoms with Crippen LogP contribution in [-0.4, -0.2) is 38.3 Å². The molecule has 1 fully saturated rings. The summed E-state index contributed by atoms with van der Waals surface area (Å²) < 4.78 is 5.52. The summed E-state index contributed by atoms with van der Waals surface area (Å²) in [5.41, 5.74) is 0.162. The topological polar surface area (TPSA) is 50.4 Å². The van der Waals surface area contributed by atoms with E-state index in [-0.39, 0.29) is 17.4 Å². The SMILES string of the molecule is CC(C)CC(C)(C)CNC(=O)CC1CNCCO1. The van der Waals surface area contributed by atoms with E-state index in [1.54, 1.807) is 0 Å². The highest BCUT2D eigenvalue weighted by Crippen LogP contribution is 2.24. The molecule has 0 bridgehead atoms. The van der Waals surface area contributed by atoms with Gasteiger partial charge in [0, 0.05) is 19.6 Å². The van der Waals surface area contributed by atoms with Gasteiger partial charge in [-0.3, -0.25) is 4.79 Å². The number of carbonyl (C=O) groups is 1. The molecule has 0 aliphatic carbocycles. The standard InChI is InChI=1S/C14H28N2O2/c1-11(2)8-14(3,4)10-16-13(17)7-12-9-15-5-6-18-12/h11-12,15H,5-10H2,1-4H3,(H,16,17). The molecule has 1 rings (SSSR count). The van der Waals surface area contributed by atoms with Crippen LogP contribution in [-0.2, 0) is 9.53 Å². The van der Waals surface area contributed by atoms with Crippen molar-refractivity contribution < 1.29 is 9.53 Å². The Balaban J connectivity index is 2.23. The Bertz CT molecular complexity index is 259. The van der Waals surface area contributed by atoms with E-state index in [0.717, 1.165) is 26.1 Å². The molecule has 106 valence electrons. The van der Waals surface area contributed by atoms with Crippen molar-refractivity contribution in [3.8, 4) is 0 Å². The molecule has 1 heterocycles. The molecule has 1 aliphatic rings. The zero-order valence-electron chi connectivity index (χ0n) is 12.2. The summed E-state index contributed by atoms with van der Waals surface area (Å²) in [6.07, 6.45) is 1.62. The fourth-order valence-electron chi connectivity index (χ4n) is 2.54. The molecular weight excluding hydrogens is 228 g/mol. The van der Waals surface area contributed by atoms with Gasteiger partial charge < -0.3 is 15.4 Å². The Morgan fingerprint density at radius 2 is 2.22 bits per heavy atom. The number of hydrogen-bond acceptors (Lipinski definition) is 3. The van der Waals surface area contributed by atoms with Crippen LogP contribution in [0.15, 0.2) is 0 Å². The molecule has 1 saturated heterocycles. The van der Waals surface area contributed by atoms with E-state index in [0.29, 0.717) is 18.9 Å². The number of amides is 1. The van der Waals surface area contributed by atoms with E-state index < -0.39 is 0 Å². The molecule has 0 aromatic rings. The van der Waals surface area contributed by atoms with Crippen LogP contribution in [0, 0.1) is 11.3 Å². The number of hydrogen-bond donors (Lipinski definition) is 2. The molecule has 1 aliphatic heterocycles. The summed E-state index contributed by atoms with van der Waals surface area (Å²) in [5, 5.41) is 6.26. The molecule has 1 unspecified atom stereocenters. The second-order valence-electron chi connectivity index (χ2n) is 6.44. The van der Waals surface area contributed by atoms with Crippen LogP contribution in [0.1, 0.15) is 40.5 Å². The maximum Gasteiger partial charge on any atom is 0.222 e. The smallest absolute Gasteiger partial charge is 0.222 e. The van der Waals surface area contributed by atoms with Crippen molar-refractivity contribution in [3.63, 3.8) is 0 Å². The van der Waals surface area contributed by atoms with Crippen molar-refractivity contribution in [1.82, 2.24) is 10.6 Å². The minimum Gasteiger partial charge on any atom is -0.375 e. The fourth-order valence-corrected chi connectivity index (χ4v) is 2.54. The van der Waals surface area contributed by atoms with E-state index in [1.807, 2.05) is 0 Å². The molecule has 0 aromatic heterocycles. The summed E-state index contributed by atoms with van der Waals surface area (Å²) in [4.78, 5) is 11.8. The predicted octanol–water partition coefficient (Wildman–Crippen LogP) is 1.55. The van der Waals surface area contributed by atoms with Crippen molar-refractivity contribution >= 4 is 5.91 Å². The second kappa shape index (κ2) is 7.10. The molecule has 4 nitrogen and oxygen atoms in total. The largest absolute Gasteiger partial charge is 0.375 e. The van der Waals surface area contributed by atoms with Crippen molar-refractivity contribution in [2.45, 2.75) is 46.6 Å². The summed E-state index contributed by atoms with van der Waals surface area (Å²) in [6, 6.07) is 0. The summed E-state index contributed by atoms with van der Waals surface area (Å²) >= 11 is 0. The van der Waals surface area contributed by atoms with E-state index in [1.165, 1.54) is 0 Å². The van der Waals surface area contributed by atoms with E-state index in [9.17, 15) is 4.79 Å². The van der Waals surface area contributed by atoms with Gasteiger partial charge in [-0.1, -0.05) is 27.7 Å². The highest BCUT2D eigenvalue weighted by Gasteiger charge is 2.22. The predicted molar refractivity (Wildman–Crippen MR) is 73.5 cm³/mol. The van der Waals surface area contributed by atoms with Crippen molar-refractivity contribution in [2.75, 3.05) is 26.2 Å². The number of rotatable bonds is 6. The van der Waals surface area contributed by atoms with Gasteiger partial charge in [0.25, 0.3) is 0 Å². The van der Waals surface area contributed by atoms with Gasteiger partial charge in [-0.05, 0) is 17.8 Å². The highest BCUT2D eigenvalue weighted by atomic mass is 16.5. The third-order valence-corrected chi connectivity index (χ3v) is 3.14. The van der Waals surface area contributed by atoms with Gasteiger partial charge >= 0.3 is 0 Å². The number of carbonyl (C=O) groups excluding carboxylic acids is 1. The van der Waals surface area contributed by atoms with Crippen molar-refractivity contribution in [1.29, 1.82) is 0 Å². The Labute approximate surface area is 111 Å². The van der Waals surface area contributed by atoms with Crippen LogP contribution in [0.2, 0.25) is 0 Å². The van der Waals surface area contributed by atoms with Gasteiger partial charge in [-0.15, -0.1) is 0 Å². The normalized spacial score (nSPS) is 21.1. The zero-order chi connectivity index (χ0) is 13.6. The summed E-state index contributed by atoms with van der Waals surface area (Å²) in [5.74, 6) is 0.753. The monoisotopic (exact) mass is 256 g/mol. The Kier molecular flexibility index (Phi) is 6.09. The first-order valence-corrected chi connectivity index (χ1v) is 6.98. The van der Waals surface area contributed by atoms with Gasteiger partial charge in [0.05, 0.1) is 19.1 Å². The minimum atomic E-state index is 0.0342. The summed E-state index contributed by atoms with van der Waals surface area (Å²) in [6.45, 7) is 11.9. The Morgan fingerprint density at radius 3 is 2.78 bits per heavy atom. The van der Waals surface area contributed by atoms with Crippen LogP contribution in [0.5, 0.6) is 0 Å². The van der Waals surface area contributed by atoms with Crippen LogP contribution in [0.25, 0.3) is 0 Å². The average molecular weight is 256 g/mol. The van der Waals surface area contributed by atoms with Crippen LogP contribution in [0.4, 0.5) is 0 Å². The van der Waals surface area contributed by atoms with Crippen LogP contribution >= 0.6 is 0 Å². The molecule has 0 spiro atoms. The molecule has 1 atom stereocenters. The lowest BCUT2D eigenvalue weighted by atomic mass is 9.84. The molecule has 2 N–H and O–H groups in total. The second-order valence-corrected chi connectivity index (χ2v) is 6.44. The Hall–Kier alpha value is -0.610. The van der Waals surface area contributed by atoms with Crippen molar-refractivity contribution in [3.05, 3.63) is 0 Å². The van der Waals surface area contributed by atoms with Crippen LogP contribution in [0.3, 0.4) is 0 Å². The molecule has 0 saturated carbocycles. The molecule has 0 aromatic carbocycles. The first-order valence-electron chi connectivity index (χ1n) is 6.98. The molecule has 18 heavy (non-hydrogen) atoms. The van der Waals surface area contributed by atoms with E-state index >= 15 is 0 Å². The number of morpholine rings is 1. The Morgan fingerprint density at radius 1 is 1.50 bits per heavy atom. The maximum absolute atomic E-state index is 11.8. The van der Waals surface area contributed by atoms with Crippen LogP contribution < -0.4 is 10.6 Å². The fraction of sp³-hybridized carbons (Fsp3) is 0.929. The lowest BCUT2D eigenvalue weighted by molar-refractivity contribution is -0.125. The third-order valence-electron chi connectivity index (χ3n) is 3.14. The lowest BCUT2D eigenvalue weighted by Gasteiger charge is -2.28. The quantitative estimate of drug-likeness (QED) is 0.758.